The highest BCUT2D eigenvalue weighted by Crippen LogP contribution is 2.17. The maximum absolute atomic E-state index is 5.64. The molecule has 0 bridgehead atoms. The van der Waals surface area contributed by atoms with Crippen LogP contribution < -0.4 is 5.32 Å². The van der Waals surface area contributed by atoms with E-state index >= 15 is 0 Å². The molecule has 0 aromatic carbocycles. The molecule has 0 radical (unpaired) electrons. The van der Waals surface area contributed by atoms with Gasteiger partial charge in [0.1, 0.15) is 11.5 Å². The van der Waals surface area contributed by atoms with E-state index < -0.39 is 0 Å². The quantitative estimate of drug-likeness (QED) is 0.758. The van der Waals surface area contributed by atoms with Crippen LogP contribution in [-0.4, -0.2) is 20.3 Å². The van der Waals surface area contributed by atoms with E-state index in [2.05, 4.69) is 12.2 Å². The molecule has 1 aromatic heterocycles. The Kier molecular flexibility index (Phi) is 4.70. The third-order valence-electron chi connectivity index (χ3n) is 2.21. The van der Waals surface area contributed by atoms with Crippen molar-refractivity contribution >= 4 is 0 Å². The number of hydrogen-bond donors (Lipinski definition) is 1. The summed E-state index contributed by atoms with van der Waals surface area (Å²) >= 11 is 0. The normalized spacial score (nSPS) is 13.1. The van der Waals surface area contributed by atoms with E-state index in [0.717, 1.165) is 24.5 Å². The number of hydrogen-bond acceptors (Lipinski definition) is 3. The predicted octanol–water partition coefficient (Wildman–Crippen LogP) is 2.14. The molecule has 1 rings (SSSR count). The van der Waals surface area contributed by atoms with Gasteiger partial charge in [-0.3, -0.25) is 0 Å². The van der Waals surface area contributed by atoms with Crippen LogP contribution in [0.1, 0.15) is 31.4 Å². The highest BCUT2D eigenvalue weighted by atomic mass is 16.5. The van der Waals surface area contributed by atoms with E-state index in [1.54, 1.807) is 0 Å². The van der Waals surface area contributed by atoms with Crippen molar-refractivity contribution in [1.29, 1.82) is 0 Å². The summed E-state index contributed by atoms with van der Waals surface area (Å²) in [6, 6.07) is 4.19. The Bertz CT molecular complexity index is 258. The minimum absolute atomic E-state index is 0.162. The monoisotopic (exact) mass is 197 g/mol. The Morgan fingerprint density at radius 2 is 2.21 bits per heavy atom. The summed E-state index contributed by atoms with van der Waals surface area (Å²) in [7, 11) is 1.91. The molecule has 0 aliphatic carbocycles. The number of aryl methyl sites for hydroxylation is 1. The summed E-state index contributed by atoms with van der Waals surface area (Å²) in [6.07, 6.45) is 0.936. The Balaban J connectivity index is 2.58. The van der Waals surface area contributed by atoms with Crippen LogP contribution in [0.3, 0.4) is 0 Å². The van der Waals surface area contributed by atoms with Gasteiger partial charge >= 0.3 is 0 Å². The summed E-state index contributed by atoms with van der Waals surface area (Å²) in [6.45, 7) is 5.47. The first-order valence-electron chi connectivity index (χ1n) is 5.15. The first kappa shape index (κ1) is 11.3. The second-order valence-electron chi connectivity index (χ2n) is 3.16. The zero-order chi connectivity index (χ0) is 10.4. The van der Waals surface area contributed by atoms with Crippen LogP contribution in [0, 0.1) is 0 Å². The van der Waals surface area contributed by atoms with Crippen molar-refractivity contribution in [2.24, 2.45) is 0 Å². The van der Waals surface area contributed by atoms with E-state index in [4.69, 9.17) is 9.15 Å². The summed E-state index contributed by atoms with van der Waals surface area (Å²) in [5.74, 6) is 1.98. The number of likely N-dealkylation sites (N-methyl/N-ethyl adjacent to an activating group) is 1. The van der Waals surface area contributed by atoms with Gasteiger partial charge in [0.05, 0.1) is 12.6 Å². The molecule has 0 saturated heterocycles. The molecule has 1 N–H and O–H groups in total. The average molecular weight is 197 g/mol. The van der Waals surface area contributed by atoms with Crippen molar-refractivity contribution in [3.8, 4) is 0 Å². The van der Waals surface area contributed by atoms with Gasteiger partial charge in [-0.05, 0) is 26.1 Å². The lowest BCUT2D eigenvalue weighted by Gasteiger charge is -2.12. The van der Waals surface area contributed by atoms with Crippen molar-refractivity contribution in [2.75, 3.05) is 20.3 Å². The molecular weight excluding hydrogens is 178 g/mol. The zero-order valence-electron chi connectivity index (χ0n) is 9.17. The van der Waals surface area contributed by atoms with Crippen LogP contribution in [0.2, 0.25) is 0 Å². The smallest absolute Gasteiger partial charge is 0.123 e. The molecule has 3 nitrogen and oxygen atoms in total. The largest absolute Gasteiger partial charge is 0.464 e. The molecule has 0 saturated carbocycles. The van der Waals surface area contributed by atoms with Crippen molar-refractivity contribution in [3.63, 3.8) is 0 Å². The van der Waals surface area contributed by atoms with Gasteiger partial charge in [-0.2, -0.15) is 0 Å². The lowest BCUT2D eigenvalue weighted by Crippen LogP contribution is -2.21. The van der Waals surface area contributed by atoms with Gasteiger partial charge in [-0.1, -0.05) is 6.92 Å². The fourth-order valence-electron chi connectivity index (χ4n) is 1.32. The third kappa shape index (κ3) is 2.86. The molecule has 1 aromatic rings. The summed E-state index contributed by atoms with van der Waals surface area (Å²) in [5.41, 5.74) is 0. The second-order valence-corrected chi connectivity index (χ2v) is 3.16. The zero-order valence-corrected chi connectivity index (χ0v) is 9.17. The molecule has 3 heteroatoms. The van der Waals surface area contributed by atoms with Gasteiger partial charge in [-0.25, -0.2) is 0 Å². The molecule has 0 fully saturated rings. The predicted molar refractivity (Wildman–Crippen MR) is 56.4 cm³/mol. The van der Waals surface area contributed by atoms with Gasteiger partial charge in [0, 0.05) is 13.0 Å². The lowest BCUT2D eigenvalue weighted by molar-refractivity contribution is 0.118. The van der Waals surface area contributed by atoms with Crippen molar-refractivity contribution in [1.82, 2.24) is 5.32 Å². The maximum Gasteiger partial charge on any atom is 0.123 e. The molecule has 1 atom stereocenters. The maximum atomic E-state index is 5.64. The molecule has 80 valence electrons. The highest BCUT2D eigenvalue weighted by molar-refractivity contribution is 5.10. The van der Waals surface area contributed by atoms with Crippen LogP contribution in [0.5, 0.6) is 0 Å². The number of furan rings is 1. The minimum atomic E-state index is 0.162. The van der Waals surface area contributed by atoms with Crippen LogP contribution in [0.15, 0.2) is 16.5 Å². The Labute approximate surface area is 85.4 Å². The molecule has 0 amide bonds. The number of ether oxygens (including phenoxy) is 1. The third-order valence-corrected chi connectivity index (χ3v) is 2.21. The fraction of sp³-hybridized carbons (Fsp3) is 0.636. The SMILES string of the molecule is CCOCC(NC)c1ccc(CC)o1. The summed E-state index contributed by atoms with van der Waals surface area (Å²) in [4.78, 5) is 0. The Hall–Kier alpha value is -0.800. The molecular formula is C11H19NO2. The van der Waals surface area contributed by atoms with E-state index in [1.807, 2.05) is 26.1 Å². The van der Waals surface area contributed by atoms with Crippen molar-refractivity contribution in [2.45, 2.75) is 26.3 Å². The summed E-state index contributed by atoms with van der Waals surface area (Å²) < 4.78 is 11.0. The number of nitrogens with one attached hydrogen (secondary N) is 1. The van der Waals surface area contributed by atoms with Crippen LogP contribution in [0.4, 0.5) is 0 Å². The Morgan fingerprint density at radius 1 is 1.43 bits per heavy atom. The van der Waals surface area contributed by atoms with Crippen LogP contribution >= 0.6 is 0 Å². The fourth-order valence-corrected chi connectivity index (χ4v) is 1.32. The molecule has 0 spiro atoms. The highest BCUT2D eigenvalue weighted by Gasteiger charge is 2.12. The van der Waals surface area contributed by atoms with E-state index in [0.29, 0.717) is 6.61 Å². The van der Waals surface area contributed by atoms with Crippen LogP contribution in [0.25, 0.3) is 0 Å². The van der Waals surface area contributed by atoms with E-state index in [9.17, 15) is 0 Å². The van der Waals surface area contributed by atoms with Crippen LogP contribution in [-0.2, 0) is 11.2 Å². The van der Waals surface area contributed by atoms with Crippen molar-refractivity contribution in [3.05, 3.63) is 23.7 Å². The number of rotatable bonds is 6. The lowest BCUT2D eigenvalue weighted by atomic mass is 10.2. The minimum Gasteiger partial charge on any atom is -0.464 e. The second kappa shape index (κ2) is 5.83. The standard InChI is InChI=1S/C11H19NO2/c1-4-9-6-7-11(14-9)10(12-3)8-13-5-2/h6-7,10,12H,4-5,8H2,1-3H3. The van der Waals surface area contributed by atoms with Crippen molar-refractivity contribution < 1.29 is 9.15 Å². The molecule has 0 aliphatic heterocycles. The van der Waals surface area contributed by atoms with Gasteiger partial charge < -0.3 is 14.5 Å². The van der Waals surface area contributed by atoms with Gasteiger partial charge in [0.2, 0.25) is 0 Å². The first-order valence-corrected chi connectivity index (χ1v) is 5.15. The Morgan fingerprint density at radius 3 is 2.71 bits per heavy atom. The van der Waals surface area contributed by atoms with Gasteiger partial charge in [-0.15, -0.1) is 0 Å². The molecule has 1 heterocycles. The molecule has 1 unspecified atom stereocenters. The van der Waals surface area contributed by atoms with E-state index in [1.165, 1.54) is 0 Å². The van der Waals surface area contributed by atoms with E-state index in [-0.39, 0.29) is 6.04 Å². The molecule has 0 aliphatic rings. The molecule has 14 heavy (non-hydrogen) atoms. The average Bonchev–Trinajstić information content (AvgIpc) is 2.68. The van der Waals surface area contributed by atoms with Gasteiger partial charge in [0.25, 0.3) is 0 Å². The summed E-state index contributed by atoms with van der Waals surface area (Å²) in [5, 5.41) is 3.17. The first-order chi connectivity index (χ1) is 6.81. The van der Waals surface area contributed by atoms with Gasteiger partial charge in [0.15, 0.2) is 0 Å². The topological polar surface area (TPSA) is 34.4 Å².